The summed E-state index contributed by atoms with van der Waals surface area (Å²) in [5, 5.41) is 0.430. The van der Waals surface area contributed by atoms with Gasteiger partial charge in [0.15, 0.2) is 0 Å². The maximum atomic E-state index is 6.11. The zero-order chi connectivity index (χ0) is 9.40. The number of rotatable bonds is 7. The van der Waals surface area contributed by atoms with Gasteiger partial charge in [0, 0.05) is 5.38 Å². The zero-order valence-corrected chi connectivity index (χ0v) is 9.53. The first-order valence-corrected chi connectivity index (χ1v) is 5.78. The Morgan fingerprint density at radius 1 is 1.08 bits per heavy atom. The van der Waals surface area contributed by atoms with Crippen LogP contribution in [0.5, 0.6) is 0 Å². The van der Waals surface area contributed by atoms with Gasteiger partial charge in [-0.15, -0.1) is 11.6 Å². The summed E-state index contributed by atoms with van der Waals surface area (Å²) in [5.74, 6) is 0.885. The van der Waals surface area contributed by atoms with Crippen LogP contribution in [-0.2, 0) is 0 Å². The second-order valence-electron chi connectivity index (χ2n) is 3.83. The summed E-state index contributed by atoms with van der Waals surface area (Å²) in [6, 6.07) is 0. The predicted octanol–water partition coefficient (Wildman–Crippen LogP) is 4.61. The van der Waals surface area contributed by atoms with E-state index in [0.717, 1.165) is 5.92 Å². The Labute approximate surface area is 82.7 Å². The highest BCUT2D eigenvalue weighted by Crippen LogP contribution is 2.17. The normalized spacial score (nSPS) is 16.0. The molecule has 0 bridgehead atoms. The van der Waals surface area contributed by atoms with Crippen LogP contribution in [0.3, 0.4) is 0 Å². The van der Waals surface area contributed by atoms with Gasteiger partial charge in [-0.3, -0.25) is 0 Å². The van der Waals surface area contributed by atoms with Crippen molar-refractivity contribution in [1.29, 1.82) is 0 Å². The minimum Gasteiger partial charge on any atom is -0.123 e. The molecule has 0 aliphatic heterocycles. The molecule has 2 atom stereocenters. The molecule has 0 aliphatic rings. The summed E-state index contributed by atoms with van der Waals surface area (Å²) in [5.41, 5.74) is 0. The molecule has 0 rings (SSSR count). The van der Waals surface area contributed by atoms with Crippen molar-refractivity contribution in [2.75, 3.05) is 0 Å². The van der Waals surface area contributed by atoms with Gasteiger partial charge in [-0.05, 0) is 18.8 Å². The van der Waals surface area contributed by atoms with Gasteiger partial charge in [0.1, 0.15) is 0 Å². The largest absolute Gasteiger partial charge is 0.123 e. The van der Waals surface area contributed by atoms with E-state index in [1.54, 1.807) is 0 Å². The molecule has 0 amide bonds. The molecule has 2 unspecified atom stereocenters. The van der Waals surface area contributed by atoms with Crippen LogP contribution in [0, 0.1) is 5.92 Å². The molecule has 0 heterocycles. The Bertz CT molecular complexity index is 91.0. The first-order chi connectivity index (χ1) is 5.70. The van der Waals surface area contributed by atoms with E-state index in [-0.39, 0.29) is 0 Å². The molecule has 0 saturated heterocycles. The van der Waals surface area contributed by atoms with E-state index in [1.165, 1.54) is 38.5 Å². The third-order valence-corrected chi connectivity index (χ3v) is 2.95. The molecule has 0 aromatic carbocycles. The second-order valence-corrected chi connectivity index (χ2v) is 4.45. The Balaban J connectivity index is 3.18. The van der Waals surface area contributed by atoms with E-state index in [1.807, 2.05) is 0 Å². The third-order valence-electron chi connectivity index (χ3n) is 2.51. The number of halogens is 1. The summed E-state index contributed by atoms with van der Waals surface area (Å²) < 4.78 is 0. The molecule has 12 heavy (non-hydrogen) atoms. The highest BCUT2D eigenvalue weighted by molar-refractivity contribution is 6.20. The molecule has 0 saturated carbocycles. The first-order valence-electron chi connectivity index (χ1n) is 5.34. The van der Waals surface area contributed by atoms with Crippen LogP contribution in [0.15, 0.2) is 0 Å². The van der Waals surface area contributed by atoms with Crippen molar-refractivity contribution in [1.82, 2.24) is 0 Å². The second kappa shape index (κ2) is 7.91. The molecular formula is C11H23Cl. The van der Waals surface area contributed by atoms with Crippen molar-refractivity contribution in [3.63, 3.8) is 0 Å². The Morgan fingerprint density at radius 2 is 1.75 bits per heavy atom. The maximum Gasteiger partial charge on any atom is 0.0336 e. The van der Waals surface area contributed by atoms with E-state index < -0.39 is 0 Å². The lowest BCUT2D eigenvalue weighted by Crippen LogP contribution is -1.99. The van der Waals surface area contributed by atoms with E-state index >= 15 is 0 Å². The number of alkyl halides is 1. The Morgan fingerprint density at radius 3 is 2.25 bits per heavy atom. The molecule has 0 aromatic heterocycles. The minimum atomic E-state index is 0.430. The fourth-order valence-corrected chi connectivity index (χ4v) is 1.72. The molecule has 0 aromatic rings. The van der Waals surface area contributed by atoms with Gasteiger partial charge in [0.05, 0.1) is 0 Å². The van der Waals surface area contributed by atoms with E-state index in [4.69, 9.17) is 11.6 Å². The standard InChI is InChI=1S/C11H23Cl/c1-4-7-11(12)9-6-8-10(3)5-2/h10-11H,4-9H2,1-3H3. The van der Waals surface area contributed by atoms with Crippen molar-refractivity contribution in [2.45, 2.75) is 64.7 Å². The van der Waals surface area contributed by atoms with Crippen molar-refractivity contribution in [3.05, 3.63) is 0 Å². The van der Waals surface area contributed by atoms with Gasteiger partial charge in [-0.2, -0.15) is 0 Å². The van der Waals surface area contributed by atoms with Gasteiger partial charge in [-0.25, -0.2) is 0 Å². The molecule has 74 valence electrons. The topological polar surface area (TPSA) is 0 Å². The lowest BCUT2D eigenvalue weighted by atomic mass is 10.00. The van der Waals surface area contributed by atoms with Crippen molar-refractivity contribution >= 4 is 11.6 Å². The smallest absolute Gasteiger partial charge is 0.0336 e. The van der Waals surface area contributed by atoms with Gasteiger partial charge in [0.2, 0.25) is 0 Å². The van der Waals surface area contributed by atoms with Gasteiger partial charge in [0.25, 0.3) is 0 Å². The summed E-state index contributed by atoms with van der Waals surface area (Å²) in [4.78, 5) is 0. The van der Waals surface area contributed by atoms with Gasteiger partial charge in [-0.1, -0.05) is 46.5 Å². The molecule has 0 spiro atoms. The zero-order valence-electron chi connectivity index (χ0n) is 8.78. The van der Waals surface area contributed by atoms with Crippen molar-refractivity contribution in [3.8, 4) is 0 Å². The summed E-state index contributed by atoms with van der Waals surface area (Å²) in [6.45, 7) is 6.78. The number of hydrogen-bond donors (Lipinski definition) is 0. The maximum absolute atomic E-state index is 6.11. The predicted molar refractivity (Wildman–Crippen MR) is 57.9 cm³/mol. The Hall–Kier alpha value is 0.290. The van der Waals surface area contributed by atoms with Crippen LogP contribution in [0.2, 0.25) is 0 Å². The molecule has 0 nitrogen and oxygen atoms in total. The molecule has 0 N–H and O–H groups in total. The van der Waals surface area contributed by atoms with Crippen LogP contribution in [0.1, 0.15) is 59.3 Å². The SMILES string of the molecule is CCCC(Cl)CCCC(C)CC. The van der Waals surface area contributed by atoms with Gasteiger partial charge >= 0.3 is 0 Å². The number of hydrogen-bond acceptors (Lipinski definition) is 0. The fourth-order valence-electron chi connectivity index (χ4n) is 1.35. The molecule has 1 heteroatoms. The summed E-state index contributed by atoms with van der Waals surface area (Å²) in [7, 11) is 0. The third kappa shape index (κ3) is 6.97. The molecular weight excluding hydrogens is 168 g/mol. The molecule has 0 fully saturated rings. The van der Waals surface area contributed by atoms with Crippen LogP contribution in [0.25, 0.3) is 0 Å². The van der Waals surface area contributed by atoms with E-state index in [0.29, 0.717) is 5.38 Å². The van der Waals surface area contributed by atoms with E-state index in [9.17, 15) is 0 Å². The van der Waals surface area contributed by atoms with Crippen molar-refractivity contribution in [2.24, 2.45) is 5.92 Å². The highest BCUT2D eigenvalue weighted by atomic mass is 35.5. The average Bonchev–Trinajstić information content (AvgIpc) is 2.04. The summed E-state index contributed by atoms with van der Waals surface area (Å²) in [6.07, 6.45) is 7.58. The monoisotopic (exact) mass is 190 g/mol. The van der Waals surface area contributed by atoms with Crippen LogP contribution >= 0.6 is 11.6 Å². The fraction of sp³-hybridized carbons (Fsp3) is 1.00. The van der Waals surface area contributed by atoms with Gasteiger partial charge < -0.3 is 0 Å². The summed E-state index contributed by atoms with van der Waals surface area (Å²) >= 11 is 6.11. The minimum absolute atomic E-state index is 0.430. The average molecular weight is 191 g/mol. The first kappa shape index (κ1) is 12.3. The van der Waals surface area contributed by atoms with Crippen LogP contribution in [-0.4, -0.2) is 5.38 Å². The lowest BCUT2D eigenvalue weighted by Gasteiger charge is -2.10. The molecule has 0 aliphatic carbocycles. The van der Waals surface area contributed by atoms with Crippen LogP contribution < -0.4 is 0 Å². The lowest BCUT2D eigenvalue weighted by molar-refractivity contribution is 0.476. The Kier molecular flexibility index (Phi) is 8.11. The van der Waals surface area contributed by atoms with E-state index in [2.05, 4.69) is 20.8 Å². The quantitative estimate of drug-likeness (QED) is 0.515. The van der Waals surface area contributed by atoms with Crippen molar-refractivity contribution < 1.29 is 0 Å². The van der Waals surface area contributed by atoms with Crippen LogP contribution in [0.4, 0.5) is 0 Å². The molecule has 0 radical (unpaired) electrons. The highest BCUT2D eigenvalue weighted by Gasteiger charge is 2.04.